The lowest BCUT2D eigenvalue weighted by molar-refractivity contribution is 0.189. The maximum absolute atomic E-state index is 14.9. The third kappa shape index (κ3) is 5.93. The minimum absolute atomic E-state index is 0.0853. The first-order valence-corrected chi connectivity index (χ1v) is 10.7. The van der Waals surface area contributed by atoms with Crippen LogP contribution in [-0.4, -0.2) is 13.7 Å². The summed E-state index contributed by atoms with van der Waals surface area (Å²) in [5, 5.41) is 0. The number of methoxy groups -OCH3 is 1. The van der Waals surface area contributed by atoms with Crippen LogP contribution in [0.15, 0.2) is 97.0 Å². The van der Waals surface area contributed by atoms with Crippen LogP contribution in [0.2, 0.25) is 0 Å². The predicted molar refractivity (Wildman–Crippen MR) is 128 cm³/mol. The Balaban J connectivity index is 1.73. The third-order valence-corrected chi connectivity index (χ3v) is 5.16. The second kappa shape index (κ2) is 11.4. The fourth-order valence-electron chi connectivity index (χ4n) is 3.26. The van der Waals surface area contributed by atoms with Gasteiger partial charge < -0.3 is 14.2 Å². The van der Waals surface area contributed by atoms with Crippen molar-refractivity contribution in [1.29, 1.82) is 0 Å². The number of hydrogen-bond donors (Lipinski definition) is 0. The molecule has 0 amide bonds. The Morgan fingerprint density at radius 1 is 0.714 bits per heavy atom. The SMILES string of the molecule is C=C(OCC)/C(F)=C(/F)C(=C)OCc1ccc(-c2ccc(-c3ccc(OC)cc3)c(F)c2F)cc1. The van der Waals surface area contributed by atoms with E-state index >= 15 is 0 Å². The van der Waals surface area contributed by atoms with Gasteiger partial charge in [0.05, 0.1) is 13.7 Å². The number of halogens is 4. The van der Waals surface area contributed by atoms with E-state index < -0.39 is 34.8 Å². The van der Waals surface area contributed by atoms with Gasteiger partial charge in [-0.2, -0.15) is 8.78 Å². The van der Waals surface area contributed by atoms with Crippen LogP contribution < -0.4 is 4.74 Å². The van der Waals surface area contributed by atoms with Crippen molar-refractivity contribution in [2.45, 2.75) is 13.5 Å². The third-order valence-electron chi connectivity index (χ3n) is 5.16. The Hall–Kier alpha value is -4.00. The summed E-state index contributed by atoms with van der Waals surface area (Å²) in [7, 11) is 1.52. The summed E-state index contributed by atoms with van der Waals surface area (Å²) in [4.78, 5) is 0. The smallest absolute Gasteiger partial charge is 0.203 e. The van der Waals surface area contributed by atoms with Crippen molar-refractivity contribution in [3.05, 3.63) is 114 Å². The van der Waals surface area contributed by atoms with Crippen LogP contribution >= 0.6 is 0 Å². The number of rotatable bonds is 10. The molecule has 0 aliphatic rings. The molecule has 0 saturated carbocycles. The zero-order valence-electron chi connectivity index (χ0n) is 19.3. The molecule has 0 fully saturated rings. The molecule has 3 aromatic carbocycles. The molecule has 35 heavy (non-hydrogen) atoms. The second-order valence-electron chi connectivity index (χ2n) is 7.41. The molecular weight excluding hydrogens is 460 g/mol. The highest BCUT2D eigenvalue weighted by Crippen LogP contribution is 2.32. The van der Waals surface area contributed by atoms with Gasteiger partial charge in [-0.3, -0.25) is 0 Å². The molecule has 3 nitrogen and oxygen atoms in total. The average Bonchev–Trinajstić information content (AvgIpc) is 2.88. The molecule has 0 saturated heterocycles. The van der Waals surface area contributed by atoms with E-state index in [4.69, 9.17) is 14.2 Å². The van der Waals surface area contributed by atoms with Gasteiger partial charge in [-0.25, -0.2) is 8.78 Å². The van der Waals surface area contributed by atoms with Gasteiger partial charge in [0.25, 0.3) is 0 Å². The molecule has 0 aromatic heterocycles. The molecule has 0 aliphatic carbocycles. The largest absolute Gasteiger partial charge is 0.497 e. The first kappa shape index (κ1) is 25.6. The van der Waals surface area contributed by atoms with Crippen molar-refractivity contribution in [3.8, 4) is 28.0 Å². The average molecular weight is 484 g/mol. The van der Waals surface area contributed by atoms with Crippen molar-refractivity contribution >= 4 is 0 Å². The van der Waals surface area contributed by atoms with E-state index in [1.807, 2.05) is 0 Å². The summed E-state index contributed by atoms with van der Waals surface area (Å²) in [5.74, 6) is -4.90. The van der Waals surface area contributed by atoms with E-state index in [-0.39, 0.29) is 24.3 Å². The number of benzene rings is 3. The number of hydrogen-bond acceptors (Lipinski definition) is 3. The fraction of sp³-hybridized carbons (Fsp3) is 0.143. The zero-order chi connectivity index (χ0) is 25.5. The summed E-state index contributed by atoms with van der Waals surface area (Å²) in [5.41, 5.74) is 1.76. The molecule has 0 bridgehead atoms. The molecule has 0 aliphatic heterocycles. The molecule has 0 atom stereocenters. The predicted octanol–water partition coefficient (Wildman–Crippen LogP) is 8.04. The van der Waals surface area contributed by atoms with Crippen LogP contribution in [0, 0.1) is 11.6 Å². The normalized spacial score (nSPS) is 11.5. The van der Waals surface area contributed by atoms with Crippen molar-refractivity contribution in [3.63, 3.8) is 0 Å². The Morgan fingerprint density at radius 2 is 1.17 bits per heavy atom. The zero-order valence-corrected chi connectivity index (χ0v) is 19.3. The van der Waals surface area contributed by atoms with Crippen molar-refractivity contribution < 1.29 is 31.8 Å². The number of ether oxygens (including phenoxy) is 3. The molecule has 0 unspecified atom stereocenters. The molecule has 0 heterocycles. The molecular formula is C28H24F4O3. The van der Waals surface area contributed by atoms with Crippen molar-refractivity contribution in [1.82, 2.24) is 0 Å². The first-order chi connectivity index (χ1) is 16.8. The summed E-state index contributed by atoms with van der Waals surface area (Å²) >= 11 is 0. The highest BCUT2D eigenvalue weighted by molar-refractivity contribution is 5.72. The minimum atomic E-state index is -1.31. The maximum atomic E-state index is 14.9. The molecule has 0 radical (unpaired) electrons. The first-order valence-electron chi connectivity index (χ1n) is 10.7. The summed E-state index contributed by atoms with van der Waals surface area (Å²) < 4.78 is 72.8. The van der Waals surface area contributed by atoms with Crippen LogP contribution in [0.4, 0.5) is 17.6 Å². The number of allylic oxidation sites excluding steroid dienone is 2. The molecule has 7 heteroatoms. The van der Waals surface area contributed by atoms with Gasteiger partial charge in [0, 0.05) is 11.1 Å². The van der Waals surface area contributed by atoms with Crippen molar-refractivity contribution in [2.75, 3.05) is 13.7 Å². The Labute approximate surface area is 201 Å². The molecule has 0 spiro atoms. The Kier molecular flexibility index (Phi) is 8.36. The van der Waals surface area contributed by atoms with E-state index in [1.165, 1.54) is 19.2 Å². The quantitative estimate of drug-likeness (QED) is 0.166. The van der Waals surface area contributed by atoms with Gasteiger partial charge in [-0.05, 0) is 35.7 Å². The molecule has 182 valence electrons. The lowest BCUT2D eigenvalue weighted by atomic mass is 9.98. The van der Waals surface area contributed by atoms with Gasteiger partial charge in [0.2, 0.25) is 11.7 Å². The standard InChI is InChI=1S/C28H24F4O3/c1-5-34-17(2)25(29)26(30)18(3)35-16-19-6-8-20(9-7-19)23-14-15-24(28(32)27(23)31)21-10-12-22(33-4)13-11-21/h6-15H,2-3,5,16H2,1,4H3/b26-25-. The maximum Gasteiger partial charge on any atom is 0.203 e. The fourth-order valence-corrected chi connectivity index (χ4v) is 3.26. The van der Waals surface area contributed by atoms with E-state index in [9.17, 15) is 17.6 Å². The van der Waals surface area contributed by atoms with Crippen LogP contribution in [0.25, 0.3) is 22.3 Å². The lowest BCUT2D eigenvalue weighted by Gasteiger charge is -2.12. The van der Waals surface area contributed by atoms with Gasteiger partial charge in [0.1, 0.15) is 12.4 Å². The molecule has 3 rings (SSSR count). The summed E-state index contributed by atoms with van der Waals surface area (Å²) in [6.07, 6.45) is 0. The van der Waals surface area contributed by atoms with E-state index in [2.05, 4.69) is 13.2 Å². The topological polar surface area (TPSA) is 27.7 Å². The Morgan fingerprint density at radius 3 is 1.63 bits per heavy atom. The van der Waals surface area contributed by atoms with Crippen LogP contribution in [0.3, 0.4) is 0 Å². The van der Waals surface area contributed by atoms with Gasteiger partial charge in [-0.1, -0.05) is 61.7 Å². The monoisotopic (exact) mass is 484 g/mol. The summed E-state index contributed by atoms with van der Waals surface area (Å²) in [6.45, 7) is 8.29. The molecule has 0 N–H and O–H groups in total. The minimum Gasteiger partial charge on any atom is -0.497 e. The van der Waals surface area contributed by atoms with Crippen LogP contribution in [-0.2, 0) is 16.1 Å². The lowest BCUT2D eigenvalue weighted by Crippen LogP contribution is -1.98. The van der Waals surface area contributed by atoms with Gasteiger partial charge in [0.15, 0.2) is 23.2 Å². The Bertz CT molecular complexity index is 1250. The van der Waals surface area contributed by atoms with E-state index in [0.717, 1.165) is 0 Å². The van der Waals surface area contributed by atoms with Crippen LogP contribution in [0.5, 0.6) is 5.75 Å². The molecule has 3 aromatic rings. The highest BCUT2D eigenvalue weighted by atomic mass is 19.2. The van der Waals surface area contributed by atoms with E-state index in [1.54, 1.807) is 55.5 Å². The second-order valence-corrected chi connectivity index (χ2v) is 7.41. The van der Waals surface area contributed by atoms with Gasteiger partial charge >= 0.3 is 0 Å². The van der Waals surface area contributed by atoms with Gasteiger partial charge in [-0.15, -0.1) is 0 Å². The van der Waals surface area contributed by atoms with Crippen LogP contribution in [0.1, 0.15) is 12.5 Å². The summed E-state index contributed by atoms with van der Waals surface area (Å²) in [6, 6.07) is 16.0. The highest BCUT2D eigenvalue weighted by Gasteiger charge is 2.17. The van der Waals surface area contributed by atoms with Crippen molar-refractivity contribution in [2.24, 2.45) is 0 Å². The van der Waals surface area contributed by atoms with E-state index in [0.29, 0.717) is 22.4 Å².